The molecule has 4 nitrogen and oxygen atoms in total. The molecule has 0 spiro atoms. The smallest absolute Gasteiger partial charge is 0.239 e. The molecule has 3 N–H and O–H groups in total. The number of benzene rings is 1. The maximum absolute atomic E-state index is 11.4. The zero-order valence-corrected chi connectivity index (χ0v) is 11.5. The van der Waals surface area contributed by atoms with Crippen LogP contribution in [0.25, 0.3) is 0 Å². The summed E-state index contributed by atoms with van der Waals surface area (Å²) in [5.74, 6) is 0.452. The highest BCUT2D eigenvalue weighted by atomic mass is 16.5. The van der Waals surface area contributed by atoms with Crippen LogP contribution in [0.2, 0.25) is 0 Å². The number of nitrogens with two attached hydrogens (primary N) is 1. The Bertz CT molecular complexity index is 393. The monoisotopic (exact) mass is 250 g/mol. The molecule has 0 aliphatic heterocycles. The van der Waals surface area contributed by atoms with E-state index in [1.54, 1.807) is 7.11 Å². The molecule has 1 aromatic carbocycles. The molecule has 1 aromatic rings. The number of amides is 1. The van der Waals surface area contributed by atoms with Gasteiger partial charge in [0.25, 0.3) is 0 Å². The first kappa shape index (κ1) is 14.4. The van der Waals surface area contributed by atoms with Crippen molar-refractivity contribution >= 4 is 11.6 Å². The number of methoxy groups -OCH3 is 1. The van der Waals surface area contributed by atoms with E-state index in [4.69, 9.17) is 10.5 Å². The van der Waals surface area contributed by atoms with Crippen molar-refractivity contribution in [3.8, 4) is 5.75 Å². The van der Waals surface area contributed by atoms with Gasteiger partial charge in [0.1, 0.15) is 11.8 Å². The van der Waals surface area contributed by atoms with Gasteiger partial charge < -0.3 is 15.8 Å². The lowest BCUT2D eigenvalue weighted by atomic mass is 9.88. The Labute approximate surface area is 109 Å². The van der Waals surface area contributed by atoms with E-state index in [9.17, 15) is 4.79 Å². The Morgan fingerprint density at radius 2 is 1.89 bits per heavy atom. The fourth-order valence-corrected chi connectivity index (χ4v) is 1.72. The van der Waals surface area contributed by atoms with Gasteiger partial charge in [0, 0.05) is 5.69 Å². The van der Waals surface area contributed by atoms with Crippen LogP contribution in [0.3, 0.4) is 0 Å². The topological polar surface area (TPSA) is 64.3 Å². The Morgan fingerprint density at radius 3 is 2.28 bits per heavy atom. The van der Waals surface area contributed by atoms with Crippen LogP contribution in [-0.2, 0) is 4.79 Å². The maximum Gasteiger partial charge on any atom is 0.239 e. The van der Waals surface area contributed by atoms with Crippen molar-refractivity contribution < 1.29 is 9.53 Å². The quantitative estimate of drug-likeness (QED) is 0.843. The molecule has 1 rings (SSSR count). The van der Waals surface area contributed by atoms with Crippen molar-refractivity contribution in [2.24, 2.45) is 11.1 Å². The second-order valence-electron chi connectivity index (χ2n) is 5.59. The van der Waals surface area contributed by atoms with Crippen LogP contribution in [0.4, 0.5) is 5.69 Å². The Kier molecular flexibility index (Phi) is 4.59. The van der Waals surface area contributed by atoms with E-state index in [-0.39, 0.29) is 17.4 Å². The van der Waals surface area contributed by atoms with Crippen LogP contribution < -0.4 is 15.8 Å². The van der Waals surface area contributed by atoms with Crippen molar-refractivity contribution in [1.29, 1.82) is 0 Å². The molecule has 1 atom stereocenters. The van der Waals surface area contributed by atoms with E-state index in [1.165, 1.54) is 0 Å². The third kappa shape index (κ3) is 4.65. The predicted molar refractivity (Wildman–Crippen MR) is 73.7 cm³/mol. The molecule has 0 heterocycles. The van der Waals surface area contributed by atoms with Gasteiger partial charge in [-0.05, 0) is 36.1 Å². The summed E-state index contributed by atoms with van der Waals surface area (Å²) >= 11 is 0. The predicted octanol–water partition coefficient (Wildman–Crippen LogP) is 2.40. The summed E-state index contributed by atoms with van der Waals surface area (Å²) in [6, 6.07) is 7.07. The molecule has 4 heteroatoms. The normalized spacial score (nSPS) is 12.9. The molecule has 0 fully saturated rings. The number of nitrogens with one attached hydrogen (secondary N) is 1. The SMILES string of the molecule is COc1ccc(NC(CC(C)(C)C)C(N)=O)cc1. The molecule has 0 saturated carbocycles. The number of carbonyl (C=O) groups is 1. The highest BCUT2D eigenvalue weighted by molar-refractivity contribution is 5.83. The van der Waals surface area contributed by atoms with Gasteiger partial charge in [-0.25, -0.2) is 0 Å². The lowest BCUT2D eigenvalue weighted by Gasteiger charge is -2.25. The molecule has 1 unspecified atom stereocenters. The fraction of sp³-hybridized carbons (Fsp3) is 0.500. The molecule has 0 bridgehead atoms. The molecule has 100 valence electrons. The van der Waals surface area contributed by atoms with Gasteiger partial charge in [0.2, 0.25) is 5.91 Å². The molecular formula is C14H22N2O2. The average Bonchev–Trinajstić information content (AvgIpc) is 2.27. The molecule has 1 amide bonds. The largest absolute Gasteiger partial charge is 0.497 e. The van der Waals surface area contributed by atoms with E-state index in [2.05, 4.69) is 26.1 Å². The minimum absolute atomic E-state index is 0.0408. The van der Waals surface area contributed by atoms with Crippen LogP contribution in [0.5, 0.6) is 5.75 Å². The lowest BCUT2D eigenvalue weighted by molar-refractivity contribution is -0.119. The summed E-state index contributed by atoms with van der Waals surface area (Å²) in [4.78, 5) is 11.4. The zero-order valence-electron chi connectivity index (χ0n) is 11.5. The molecular weight excluding hydrogens is 228 g/mol. The summed E-state index contributed by atoms with van der Waals surface area (Å²) < 4.78 is 5.08. The zero-order chi connectivity index (χ0) is 13.8. The number of hydrogen-bond acceptors (Lipinski definition) is 3. The second-order valence-corrected chi connectivity index (χ2v) is 5.59. The Balaban J connectivity index is 2.74. The van der Waals surface area contributed by atoms with Gasteiger partial charge in [-0.3, -0.25) is 4.79 Å². The maximum atomic E-state index is 11.4. The standard InChI is InChI=1S/C14H22N2O2/c1-14(2,3)9-12(13(15)17)16-10-5-7-11(18-4)8-6-10/h5-8,12,16H,9H2,1-4H3,(H2,15,17). The number of hydrogen-bond donors (Lipinski definition) is 2. The molecule has 0 aliphatic rings. The minimum Gasteiger partial charge on any atom is -0.497 e. The first-order chi connectivity index (χ1) is 8.31. The molecule has 0 aromatic heterocycles. The van der Waals surface area contributed by atoms with E-state index < -0.39 is 0 Å². The summed E-state index contributed by atoms with van der Waals surface area (Å²) in [5.41, 5.74) is 6.33. The molecule has 18 heavy (non-hydrogen) atoms. The van der Waals surface area contributed by atoms with E-state index in [0.717, 1.165) is 11.4 Å². The van der Waals surface area contributed by atoms with Gasteiger partial charge in [-0.15, -0.1) is 0 Å². The third-order valence-corrected chi connectivity index (χ3v) is 2.59. The van der Waals surface area contributed by atoms with E-state index in [1.807, 2.05) is 24.3 Å². The first-order valence-corrected chi connectivity index (χ1v) is 6.02. The number of ether oxygens (including phenoxy) is 1. The van der Waals surface area contributed by atoms with Crippen LogP contribution in [0.15, 0.2) is 24.3 Å². The van der Waals surface area contributed by atoms with Gasteiger partial charge >= 0.3 is 0 Å². The fourth-order valence-electron chi connectivity index (χ4n) is 1.72. The molecule has 0 aliphatic carbocycles. The van der Waals surface area contributed by atoms with Crippen LogP contribution in [0.1, 0.15) is 27.2 Å². The summed E-state index contributed by atoms with van der Waals surface area (Å²) in [6.45, 7) is 6.25. The highest BCUT2D eigenvalue weighted by Gasteiger charge is 2.22. The third-order valence-electron chi connectivity index (χ3n) is 2.59. The Morgan fingerprint density at radius 1 is 1.33 bits per heavy atom. The van der Waals surface area contributed by atoms with Gasteiger partial charge in [-0.1, -0.05) is 20.8 Å². The summed E-state index contributed by atoms with van der Waals surface area (Å²) in [5, 5.41) is 3.16. The van der Waals surface area contributed by atoms with Crippen LogP contribution in [-0.4, -0.2) is 19.1 Å². The van der Waals surface area contributed by atoms with Crippen molar-refractivity contribution in [3.05, 3.63) is 24.3 Å². The van der Waals surface area contributed by atoms with Crippen molar-refractivity contribution in [3.63, 3.8) is 0 Å². The number of rotatable bonds is 5. The van der Waals surface area contributed by atoms with Crippen LogP contribution >= 0.6 is 0 Å². The number of anilines is 1. The van der Waals surface area contributed by atoms with Crippen LogP contribution in [0, 0.1) is 5.41 Å². The molecule has 0 saturated heterocycles. The molecule has 0 radical (unpaired) electrons. The lowest BCUT2D eigenvalue weighted by Crippen LogP contribution is -2.38. The summed E-state index contributed by atoms with van der Waals surface area (Å²) in [6.07, 6.45) is 0.689. The highest BCUT2D eigenvalue weighted by Crippen LogP contribution is 2.23. The summed E-state index contributed by atoms with van der Waals surface area (Å²) in [7, 11) is 1.62. The Hall–Kier alpha value is -1.71. The minimum atomic E-state index is -0.363. The van der Waals surface area contributed by atoms with Gasteiger partial charge in [0.15, 0.2) is 0 Å². The second kappa shape index (κ2) is 5.76. The van der Waals surface area contributed by atoms with Crippen molar-refractivity contribution in [1.82, 2.24) is 0 Å². The van der Waals surface area contributed by atoms with Crippen molar-refractivity contribution in [2.45, 2.75) is 33.2 Å². The number of carbonyl (C=O) groups excluding carboxylic acids is 1. The van der Waals surface area contributed by atoms with Gasteiger partial charge in [0.05, 0.1) is 7.11 Å². The van der Waals surface area contributed by atoms with E-state index in [0.29, 0.717) is 6.42 Å². The van der Waals surface area contributed by atoms with Crippen molar-refractivity contribution in [2.75, 3.05) is 12.4 Å². The van der Waals surface area contributed by atoms with E-state index >= 15 is 0 Å². The van der Waals surface area contributed by atoms with Gasteiger partial charge in [-0.2, -0.15) is 0 Å². The average molecular weight is 250 g/mol. The first-order valence-electron chi connectivity index (χ1n) is 6.02. The number of primary amides is 1.